The zero-order chi connectivity index (χ0) is 10.8. The van der Waals surface area contributed by atoms with Crippen LogP contribution in [0.4, 0.5) is 0 Å². The maximum atomic E-state index is 12.0. The summed E-state index contributed by atoms with van der Waals surface area (Å²) in [5.41, 5.74) is 3.51. The monoisotopic (exact) mass is 200 g/mol. The first-order valence-electron chi connectivity index (χ1n) is 4.80. The van der Waals surface area contributed by atoms with Gasteiger partial charge in [0.05, 0.1) is 11.8 Å². The molecule has 2 rings (SSSR count). The molecule has 0 saturated heterocycles. The number of H-pyrrole nitrogens is 1. The average molecular weight is 200 g/mol. The van der Waals surface area contributed by atoms with Gasteiger partial charge in [-0.25, -0.2) is 0 Å². The fraction of sp³-hybridized carbons (Fsp3) is 0.167. The molecule has 0 atom stereocenters. The van der Waals surface area contributed by atoms with Crippen LogP contribution in [0.5, 0.6) is 0 Å². The predicted molar refractivity (Wildman–Crippen MR) is 57.9 cm³/mol. The molecular weight excluding hydrogens is 188 g/mol. The van der Waals surface area contributed by atoms with E-state index in [1.807, 2.05) is 32.0 Å². The molecule has 1 heterocycles. The third-order valence-electron chi connectivity index (χ3n) is 2.61. The summed E-state index contributed by atoms with van der Waals surface area (Å²) in [7, 11) is 0. The summed E-state index contributed by atoms with van der Waals surface area (Å²) >= 11 is 0. The molecule has 0 bridgehead atoms. The van der Waals surface area contributed by atoms with E-state index in [0.29, 0.717) is 5.56 Å². The number of nitrogens with one attached hydrogen (secondary N) is 1. The molecule has 2 aromatic rings. The highest BCUT2D eigenvalue weighted by Crippen LogP contribution is 2.16. The number of hydrogen-bond donors (Lipinski definition) is 1. The molecule has 0 spiro atoms. The van der Waals surface area contributed by atoms with Crippen molar-refractivity contribution in [1.82, 2.24) is 10.2 Å². The number of carbonyl (C=O) groups excluding carboxylic acids is 1. The zero-order valence-electron chi connectivity index (χ0n) is 8.74. The minimum Gasteiger partial charge on any atom is -0.288 e. The molecule has 0 aliphatic carbocycles. The number of aromatic nitrogens is 2. The van der Waals surface area contributed by atoms with Crippen LogP contribution in [0.3, 0.4) is 0 Å². The van der Waals surface area contributed by atoms with Crippen molar-refractivity contribution < 1.29 is 4.79 Å². The van der Waals surface area contributed by atoms with E-state index in [0.717, 1.165) is 16.7 Å². The first-order valence-corrected chi connectivity index (χ1v) is 4.80. The number of ketones is 1. The first kappa shape index (κ1) is 9.65. The van der Waals surface area contributed by atoms with E-state index in [1.165, 1.54) is 0 Å². The first-order chi connectivity index (χ1) is 7.20. The Hall–Kier alpha value is -1.90. The topological polar surface area (TPSA) is 45.8 Å². The van der Waals surface area contributed by atoms with Gasteiger partial charge in [-0.1, -0.05) is 18.2 Å². The quantitative estimate of drug-likeness (QED) is 0.756. The van der Waals surface area contributed by atoms with Crippen LogP contribution in [0, 0.1) is 13.8 Å². The van der Waals surface area contributed by atoms with Crippen LogP contribution in [-0.4, -0.2) is 16.0 Å². The molecule has 15 heavy (non-hydrogen) atoms. The van der Waals surface area contributed by atoms with Gasteiger partial charge in [0.15, 0.2) is 5.78 Å². The highest BCUT2D eigenvalue weighted by Gasteiger charge is 2.12. The largest absolute Gasteiger partial charge is 0.288 e. The Balaban J connectivity index is 2.47. The van der Waals surface area contributed by atoms with Gasteiger partial charge < -0.3 is 0 Å². The Kier molecular flexibility index (Phi) is 2.37. The number of nitrogens with zero attached hydrogens (tertiary/aromatic N) is 1. The van der Waals surface area contributed by atoms with E-state index in [4.69, 9.17) is 0 Å². The molecule has 0 fully saturated rings. The van der Waals surface area contributed by atoms with Crippen LogP contribution in [0.15, 0.2) is 30.6 Å². The van der Waals surface area contributed by atoms with Crippen molar-refractivity contribution in [3.05, 3.63) is 52.8 Å². The second-order valence-corrected chi connectivity index (χ2v) is 3.56. The van der Waals surface area contributed by atoms with Crippen LogP contribution in [0.2, 0.25) is 0 Å². The summed E-state index contributed by atoms with van der Waals surface area (Å²) in [6, 6.07) is 5.74. The van der Waals surface area contributed by atoms with Gasteiger partial charge in [0.1, 0.15) is 0 Å². The molecule has 0 unspecified atom stereocenters. The zero-order valence-corrected chi connectivity index (χ0v) is 8.74. The maximum absolute atomic E-state index is 12.0. The van der Waals surface area contributed by atoms with Crippen molar-refractivity contribution >= 4 is 5.78 Å². The summed E-state index contributed by atoms with van der Waals surface area (Å²) in [6.45, 7) is 3.96. The van der Waals surface area contributed by atoms with Crippen molar-refractivity contribution in [1.29, 1.82) is 0 Å². The molecule has 3 heteroatoms. The van der Waals surface area contributed by atoms with Gasteiger partial charge in [-0.3, -0.25) is 9.89 Å². The molecule has 0 aliphatic heterocycles. The van der Waals surface area contributed by atoms with Gasteiger partial charge in [-0.15, -0.1) is 0 Å². The van der Waals surface area contributed by atoms with E-state index in [1.54, 1.807) is 12.4 Å². The van der Waals surface area contributed by atoms with Crippen LogP contribution in [0.1, 0.15) is 27.0 Å². The Morgan fingerprint density at radius 1 is 1.33 bits per heavy atom. The normalized spacial score (nSPS) is 10.3. The Labute approximate surface area is 88.1 Å². The lowest BCUT2D eigenvalue weighted by Crippen LogP contribution is -2.03. The lowest BCUT2D eigenvalue weighted by molar-refractivity contribution is 0.103. The van der Waals surface area contributed by atoms with E-state index in [9.17, 15) is 4.79 Å². The lowest BCUT2D eigenvalue weighted by atomic mass is 9.98. The average Bonchev–Trinajstić information content (AvgIpc) is 2.74. The molecule has 1 aromatic carbocycles. The fourth-order valence-electron chi connectivity index (χ4n) is 1.53. The second-order valence-electron chi connectivity index (χ2n) is 3.56. The van der Waals surface area contributed by atoms with Gasteiger partial charge >= 0.3 is 0 Å². The molecule has 76 valence electrons. The standard InChI is InChI=1S/C12H12N2O/c1-8-4-3-5-11(9(8)2)12(15)10-6-13-14-7-10/h3-7H,1-2H3,(H,13,14). The number of hydrogen-bond acceptors (Lipinski definition) is 2. The third kappa shape index (κ3) is 1.68. The lowest BCUT2D eigenvalue weighted by Gasteiger charge is -2.05. The second kappa shape index (κ2) is 3.69. The van der Waals surface area contributed by atoms with Gasteiger partial charge in [0, 0.05) is 11.8 Å². The molecular formula is C12H12N2O. The fourth-order valence-corrected chi connectivity index (χ4v) is 1.53. The van der Waals surface area contributed by atoms with Crippen molar-refractivity contribution in [3.63, 3.8) is 0 Å². The summed E-state index contributed by atoms with van der Waals surface area (Å²) in [6.07, 6.45) is 3.16. The van der Waals surface area contributed by atoms with Gasteiger partial charge in [0.2, 0.25) is 0 Å². The molecule has 0 aliphatic rings. The minimum atomic E-state index is 0.0185. The van der Waals surface area contributed by atoms with Gasteiger partial charge in [0.25, 0.3) is 0 Å². The number of rotatable bonds is 2. The number of aromatic amines is 1. The van der Waals surface area contributed by atoms with Crippen molar-refractivity contribution in [3.8, 4) is 0 Å². The van der Waals surface area contributed by atoms with Gasteiger partial charge in [-0.05, 0) is 25.0 Å². The van der Waals surface area contributed by atoms with Crippen molar-refractivity contribution in [2.24, 2.45) is 0 Å². The number of carbonyl (C=O) groups is 1. The van der Waals surface area contributed by atoms with Crippen LogP contribution in [0.25, 0.3) is 0 Å². The van der Waals surface area contributed by atoms with Gasteiger partial charge in [-0.2, -0.15) is 5.10 Å². The summed E-state index contributed by atoms with van der Waals surface area (Å²) in [5, 5.41) is 6.42. The number of benzene rings is 1. The predicted octanol–water partition coefficient (Wildman–Crippen LogP) is 2.26. The molecule has 1 aromatic heterocycles. The van der Waals surface area contributed by atoms with Crippen LogP contribution >= 0.6 is 0 Å². The Morgan fingerprint density at radius 2 is 2.13 bits per heavy atom. The highest BCUT2D eigenvalue weighted by molar-refractivity contribution is 6.09. The van der Waals surface area contributed by atoms with E-state index >= 15 is 0 Å². The van der Waals surface area contributed by atoms with Crippen LogP contribution < -0.4 is 0 Å². The van der Waals surface area contributed by atoms with E-state index in [-0.39, 0.29) is 5.78 Å². The summed E-state index contributed by atoms with van der Waals surface area (Å²) in [4.78, 5) is 12.0. The Morgan fingerprint density at radius 3 is 2.80 bits per heavy atom. The van der Waals surface area contributed by atoms with Crippen molar-refractivity contribution in [2.75, 3.05) is 0 Å². The summed E-state index contributed by atoms with van der Waals surface area (Å²) < 4.78 is 0. The maximum Gasteiger partial charge on any atom is 0.196 e. The third-order valence-corrected chi connectivity index (χ3v) is 2.61. The van der Waals surface area contributed by atoms with Crippen LogP contribution in [-0.2, 0) is 0 Å². The summed E-state index contributed by atoms with van der Waals surface area (Å²) in [5.74, 6) is 0.0185. The van der Waals surface area contributed by atoms with E-state index < -0.39 is 0 Å². The minimum absolute atomic E-state index is 0.0185. The van der Waals surface area contributed by atoms with E-state index in [2.05, 4.69) is 10.2 Å². The smallest absolute Gasteiger partial charge is 0.196 e. The SMILES string of the molecule is Cc1cccc(C(=O)c2cn[nH]c2)c1C. The number of aryl methyl sites for hydroxylation is 1. The highest BCUT2D eigenvalue weighted by atomic mass is 16.1. The molecule has 3 nitrogen and oxygen atoms in total. The molecule has 1 N–H and O–H groups in total. The Bertz CT molecular complexity index is 486. The molecule has 0 radical (unpaired) electrons. The van der Waals surface area contributed by atoms with Crippen molar-refractivity contribution in [2.45, 2.75) is 13.8 Å². The molecule has 0 amide bonds. The molecule has 0 saturated carbocycles.